The van der Waals surface area contributed by atoms with Crippen molar-refractivity contribution in [2.24, 2.45) is 0 Å². The van der Waals surface area contributed by atoms with Crippen molar-refractivity contribution in [3.05, 3.63) is 53.9 Å². The lowest BCUT2D eigenvalue weighted by Crippen LogP contribution is -2.41. The Bertz CT molecular complexity index is 749. The molecule has 1 N–H and O–H groups in total. The Morgan fingerprint density at radius 1 is 1.19 bits per heavy atom. The average molecular weight is 369 g/mol. The third-order valence-electron chi connectivity index (χ3n) is 4.91. The van der Waals surface area contributed by atoms with Gasteiger partial charge in [0.05, 0.1) is 18.3 Å². The van der Waals surface area contributed by atoms with Gasteiger partial charge in [0.25, 0.3) is 5.91 Å². The molecule has 1 aromatic carbocycles. The highest BCUT2D eigenvalue weighted by molar-refractivity contribution is 5.91. The monoisotopic (exact) mass is 369 g/mol. The van der Waals surface area contributed by atoms with Gasteiger partial charge in [0, 0.05) is 12.2 Å². The molecule has 6 heteroatoms. The van der Waals surface area contributed by atoms with Gasteiger partial charge in [-0.1, -0.05) is 56.0 Å². The molecule has 6 nitrogen and oxygen atoms in total. The van der Waals surface area contributed by atoms with Crippen molar-refractivity contribution in [1.82, 2.24) is 15.1 Å². The number of hydrogen-bond acceptors (Lipinski definition) is 4. The van der Waals surface area contributed by atoms with Crippen LogP contribution in [0.15, 0.2) is 42.7 Å². The average Bonchev–Trinajstić information content (AvgIpc) is 2.98. The summed E-state index contributed by atoms with van der Waals surface area (Å²) in [6, 6.07) is 10.1. The molecule has 27 heavy (non-hydrogen) atoms. The molecule has 2 aromatic rings. The first kappa shape index (κ1) is 19.1. The summed E-state index contributed by atoms with van der Waals surface area (Å²) >= 11 is 0. The van der Waals surface area contributed by atoms with E-state index in [1.807, 2.05) is 30.3 Å². The number of carbonyl (C=O) groups is 2. The fraction of sp³-hybridized carbons (Fsp3) is 0.476. The van der Waals surface area contributed by atoms with Gasteiger partial charge in [-0.2, -0.15) is 5.10 Å². The van der Waals surface area contributed by atoms with Crippen molar-refractivity contribution in [2.45, 2.75) is 64.1 Å². The molecule has 1 unspecified atom stereocenters. The highest BCUT2D eigenvalue weighted by atomic mass is 16.5. The summed E-state index contributed by atoms with van der Waals surface area (Å²) in [5.41, 5.74) is 1.44. The van der Waals surface area contributed by atoms with Crippen LogP contribution in [0, 0.1) is 0 Å². The third kappa shape index (κ3) is 5.67. The minimum Gasteiger partial charge on any atom is -0.449 e. The Morgan fingerprint density at radius 2 is 1.89 bits per heavy atom. The first-order chi connectivity index (χ1) is 13.1. The highest BCUT2D eigenvalue weighted by Crippen LogP contribution is 2.17. The molecule has 3 rings (SSSR count). The number of amides is 1. The summed E-state index contributed by atoms with van der Waals surface area (Å²) in [5.74, 6) is -0.759. The summed E-state index contributed by atoms with van der Waals surface area (Å²) in [6.45, 7) is 2.18. The summed E-state index contributed by atoms with van der Waals surface area (Å²) in [5, 5.41) is 7.22. The number of esters is 1. The Hall–Kier alpha value is -2.63. The number of carbonyl (C=O) groups excluding carboxylic acids is 2. The predicted molar refractivity (Wildman–Crippen MR) is 102 cm³/mol. The molecule has 0 bridgehead atoms. The van der Waals surface area contributed by atoms with E-state index in [2.05, 4.69) is 10.4 Å². The second kappa shape index (κ2) is 9.35. The molecule has 0 radical (unpaired) electrons. The van der Waals surface area contributed by atoms with Crippen molar-refractivity contribution in [1.29, 1.82) is 0 Å². The lowest BCUT2D eigenvalue weighted by molar-refractivity contribution is -0.129. The Morgan fingerprint density at radius 3 is 2.59 bits per heavy atom. The van der Waals surface area contributed by atoms with Crippen LogP contribution in [0.1, 0.15) is 61.4 Å². The zero-order valence-corrected chi connectivity index (χ0v) is 15.8. The van der Waals surface area contributed by atoms with Crippen LogP contribution in [-0.2, 0) is 16.1 Å². The second-order valence-electron chi connectivity index (χ2n) is 7.16. The van der Waals surface area contributed by atoms with Crippen LogP contribution < -0.4 is 5.32 Å². The van der Waals surface area contributed by atoms with Crippen molar-refractivity contribution in [3.8, 4) is 0 Å². The zero-order valence-electron chi connectivity index (χ0n) is 15.8. The smallest absolute Gasteiger partial charge is 0.342 e. The zero-order chi connectivity index (χ0) is 19.1. The molecule has 1 aliphatic rings. The van der Waals surface area contributed by atoms with Gasteiger partial charge in [-0.25, -0.2) is 4.79 Å². The van der Waals surface area contributed by atoms with Gasteiger partial charge < -0.3 is 10.1 Å². The fourth-order valence-electron chi connectivity index (χ4n) is 3.35. The first-order valence-electron chi connectivity index (χ1n) is 9.69. The standard InChI is InChI=1S/C21H27N3O3/c1-16(20(25)23-19-11-7-2-3-8-12-19)27-21(26)18-13-22-24(15-18)14-17-9-5-4-6-10-17/h4-6,9-10,13,15-16,19H,2-3,7-8,11-12,14H2,1H3,(H,23,25). The maximum absolute atomic E-state index is 12.3. The van der Waals surface area contributed by atoms with Crippen molar-refractivity contribution < 1.29 is 14.3 Å². The summed E-state index contributed by atoms with van der Waals surface area (Å²) in [6.07, 6.45) is 9.02. The molecule has 0 saturated heterocycles. The highest BCUT2D eigenvalue weighted by Gasteiger charge is 2.23. The van der Waals surface area contributed by atoms with E-state index in [1.165, 1.54) is 19.0 Å². The van der Waals surface area contributed by atoms with Crippen LogP contribution in [-0.4, -0.2) is 33.8 Å². The molecule has 1 saturated carbocycles. The molecular weight excluding hydrogens is 342 g/mol. The van der Waals surface area contributed by atoms with E-state index < -0.39 is 12.1 Å². The lowest BCUT2D eigenvalue weighted by atomic mass is 10.1. The van der Waals surface area contributed by atoms with Crippen molar-refractivity contribution >= 4 is 11.9 Å². The summed E-state index contributed by atoms with van der Waals surface area (Å²) < 4.78 is 7.01. The van der Waals surface area contributed by atoms with Gasteiger partial charge in [0.1, 0.15) is 0 Å². The maximum Gasteiger partial charge on any atom is 0.342 e. The number of aromatic nitrogens is 2. The topological polar surface area (TPSA) is 73.2 Å². The SMILES string of the molecule is CC(OC(=O)c1cnn(Cc2ccccc2)c1)C(=O)NC1CCCCCC1. The molecule has 1 atom stereocenters. The minimum atomic E-state index is -0.821. The molecule has 1 aliphatic carbocycles. The largest absolute Gasteiger partial charge is 0.449 e. The quantitative estimate of drug-likeness (QED) is 0.626. The summed E-state index contributed by atoms with van der Waals surface area (Å²) in [7, 11) is 0. The van der Waals surface area contributed by atoms with Crippen LogP contribution in [0.4, 0.5) is 0 Å². The number of hydrogen-bond donors (Lipinski definition) is 1. The maximum atomic E-state index is 12.3. The Labute approximate surface area is 159 Å². The van der Waals surface area contributed by atoms with Crippen LogP contribution >= 0.6 is 0 Å². The van der Waals surface area contributed by atoms with E-state index in [4.69, 9.17) is 4.74 Å². The van der Waals surface area contributed by atoms with Crippen LogP contribution in [0.5, 0.6) is 0 Å². The number of benzene rings is 1. The van der Waals surface area contributed by atoms with Gasteiger partial charge in [-0.3, -0.25) is 9.48 Å². The van der Waals surface area contributed by atoms with E-state index in [-0.39, 0.29) is 11.9 Å². The van der Waals surface area contributed by atoms with Crippen molar-refractivity contribution in [3.63, 3.8) is 0 Å². The number of nitrogens with one attached hydrogen (secondary N) is 1. The van der Waals surface area contributed by atoms with E-state index in [0.29, 0.717) is 12.1 Å². The summed E-state index contributed by atoms with van der Waals surface area (Å²) in [4.78, 5) is 24.6. The minimum absolute atomic E-state index is 0.190. The van der Waals surface area contributed by atoms with Gasteiger partial charge >= 0.3 is 5.97 Å². The van der Waals surface area contributed by atoms with Crippen LogP contribution in [0.2, 0.25) is 0 Å². The molecule has 0 spiro atoms. The Kier molecular flexibility index (Phi) is 6.63. The molecule has 1 amide bonds. The van der Waals surface area contributed by atoms with E-state index >= 15 is 0 Å². The number of ether oxygens (including phenoxy) is 1. The van der Waals surface area contributed by atoms with Crippen LogP contribution in [0.3, 0.4) is 0 Å². The second-order valence-corrected chi connectivity index (χ2v) is 7.16. The number of nitrogens with zero attached hydrogens (tertiary/aromatic N) is 2. The van der Waals surface area contributed by atoms with Crippen LogP contribution in [0.25, 0.3) is 0 Å². The van der Waals surface area contributed by atoms with E-state index in [9.17, 15) is 9.59 Å². The van der Waals surface area contributed by atoms with E-state index in [1.54, 1.807) is 17.8 Å². The molecule has 1 aromatic heterocycles. The van der Waals surface area contributed by atoms with Gasteiger partial charge in [-0.15, -0.1) is 0 Å². The van der Waals surface area contributed by atoms with Crippen molar-refractivity contribution in [2.75, 3.05) is 0 Å². The fourth-order valence-corrected chi connectivity index (χ4v) is 3.35. The third-order valence-corrected chi connectivity index (χ3v) is 4.91. The molecular formula is C21H27N3O3. The van der Waals surface area contributed by atoms with Gasteiger partial charge in [0.2, 0.25) is 0 Å². The van der Waals surface area contributed by atoms with Gasteiger partial charge in [0.15, 0.2) is 6.10 Å². The molecule has 1 heterocycles. The van der Waals surface area contributed by atoms with E-state index in [0.717, 1.165) is 31.2 Å². The normalized spacial score (nSPS) is 16.3. The van der Waals surface area contributed by atoms with Gasteiger partial charge in [-0.05, 0) is 25.3 Å². The number of rotatable bonds is 6. The lowest BCUT2D eigenvalue weighted by Gasteiger charge is -2.19. The predicted octanol–water partition coefficient (Wildman–Crippen LogP) is 3.32. The Balaban J connectivity index is 1.51. The molecule has 0 aliphatic heterocycles. The first-order valence-corrected chi connectivity index (χ1v) is 9.69. The molecule has 1 fully saturated rings. The molecule has 144 valence electrons.